The van der Waals surface area contributed by atoms with E-state index in [1.54, 1.807) is 24.3 Å². The summed E-state index contributed by atoms with van der Waals surface area (Å²) in [4.78, 5) is 12.3. The van der Waals surface area contributed by atoms with Crippen LogP contribution in [-0.4, -0.2) is 14.3 Å². The van der Waals surface area contributed by atoms with Gasteiger partial charge in [-0.2, -0.15) is 0 Å². The zero-order chi connectivity index (χ0) is 18.0. The molecule has 6 heteroatoms. The lowest BCUT2D eigenvalue weighted by atomic mass is 10.0. The first-order chi connectivity index (χ1) is 11.9. The highest BCUT2D eigenvalue weighted by molar-refractivity contribution is 7.90. The lowest BCUT2D eigenvalue weighted by molar-refractivity contribution is -0.120. The van der Waals surface area contributed by atoms with Gasteiger partial charge in [-0.05, 0) is 41.5 Å². The summed E-state index contributed by atoms with van der Waals surface area (Å²) < 4.78 is 26.7. The van der Waals surface area contributed by atoms with E-state index in [1.165, 1.54) is 12.1 Å². The van der Waals surface area contributed by atoms with Crippen molar-refractivity contribution < 1.29 is 13.2 Å². The van der Waals surface area contributed by atoms with Crippen molar-refractivity contribution >= 4 is 26.7 Å². The van der Waals surface area contributed by atoms with E-state index in [9.17, 15) is 13.2 Å². The molecule has 0 saturated carbocycles. The molecule has 1 unspecified atom stereocenters. The van der Waals surface area contributed by atoms with Crippen LogP contribution in [-0.2, 0) is 14.8 Å². The Morgan fingerprint density at radius 2 is 1.60 bits per heavy atom. The predicted molar refractivity (Wildman–Crippen MR) is 97.4 cm³/mol. The van der Waals surface area contributed by atoms with Crippen molar-refractivity contribution in [3.8, 4) is 0 Å². The molecule has 25 heavy (non-hydrogen) atoms. The van der Waals surface area contributed by atoms with Gasteiger partial charge in [-0.3, -0.25) is 4.79 Å². The fourth-order valence-electron chi connectivity index (χ4n) is 2.52. The first-order valence-corrected chi connectivity index (χ1v) is 9.23. The van der Waals surface area contributed by atoms with Crippen molar-refractivity contribution in [2.24, 2.45) is 5.73 Å². The average molecular weight is 354 g/mol. The van der Waals surface area contributed by atoms with Gasteiger partial charge < -0.3 is 5.73 Å². The summed E-state index contributed by atoms with van der Waals surface area (Å²) in [5.41, 5.74) is 7.44. The zero-order valence-corrected chi connectivity index (χ0v) is 14.5. The van der Waals surface area contributed by atoms with Gasteiger partial charge in [-0.15, -0.1) is 0 Å². The monoisotopic (exact) mass is 354 g/mol. The molecule has 1 atom stereocenters. The second-order valence-corrected chi connectivity index (χ2v) is 7.55. The van der Waals surface area contributed by atoms with Gasteiger partial charge in [0.25, 0.3) is 15.9 Å². The molecule has 0 spiro atoms. The highest BCUT2D eigenvalue weighted by Crippen LogP contribution is 2.20. The molecule has 0 aromatic heterocycles. The van der Waals surface area contributed by atoms with Gasteiger partial charge in [-0.25, -0.2) is 13.1 Å². The molecule has 5 nitrogen and oxygen atoms in total. The molecule has 1 amide bonds. The van der Waals surface area contributed by atoms with E-state index >= 15 is 0 Å². The second kappa shape index (κ2) is 6.66. The standard InChI is InChI=1S/C19H18N2O3S/c1-13-6-10-17(11-7-13)25(23,24)21-19(22)18(20)16-9-8-14-4-2-3-5-15(14)12-16/h2-12,18H,20H2,1H3,(H,21,22). The van der Waals surface area contributed by atoms with Crippen molar-refractivity contribution in [2.75, 3.05) is 0 Å². The summed E-state index contributed by atoms with van der Waals surface area (Å²) in [6, 6.07) is 18.2. The number of sulfonamides is 1. The largest absolute Gasteiger partial charge is 0.316 e. The Morgan fingerprint density at radius 1 is 0.960 bits per heavy atom. The number of amides is 1. The van der Waals surface area contributed by atoms with Crippen molar-refractivity contribution in [3.05, 3.63) is 77.9 Å². The Labute approximate surface area is 146 Å². The van der Waals surface area contributed by atoms with E-state index in [0.29, 0.717) is 5.56 Å². The molecule has 0 fully saturated rings. The Morgan fingerprint density at radius 3 is 2.28 bits per heavy atom. The summed E-state index contributed by atoms with van der Waals surface area (Å²) in [6.45, 7) is 1.85. The first kappa shape index (κ1) is 17.1. The van der Waals surface area contributed by atoms with Crippen molar-refractivity contribution in [1.29, 1.82) is 0 Å². The second-order valence-electron chi connectivity index (χ2n) is 5.87. The Hall–Kier alpha value is -2.70. The molecule has 3 N–H and O–H groups in total. The Balaban J connectivity index is 1.82. The molecule has 3 rings (SSSR count). The summed E-state index contributed by atoms with van der Waals surface area (Å²) in [5, 5.41) is 1.95. The van der Waals surface area contributed by atoms with Gasteiger partial charge in [0.15, 0.2) is 0 Å². The fraction of sp³-hybridized carbons (Fsp3) is 0.105. The maximum atomic E-state index is 12.3. The number of carbonyl (C=O) groups is 1. The minimum absolute atomic E-state index is 0.0251. The van der Waals surface area contributed by atoms with Crippen molar-refractivity contribution in [3.63, 3.8) is 0 Å². The third kappa shape index (κ3) is 3.70. The number of carbonyl (C=O) groups excluding carboxylic acids is 1. The number of nitrogens with two attached hydrogens (primary N) is 1. The van der Waals surface area contributed by atoms with Gasteiger partial charge in [0.2, 0.25) is 0 Å². The van der Waals surface area contributed by atoms with Gasteiger partial charge in [0.1, 0.15) is 6.04 Å². The minimum Gasteiger partial charge on any atom is -0.316 e. The van der Waals surface area contributed by atoms with Crippen LogP contribution < -0.4 is 10.5 Å². The summed E-state index contributed by atoms with van der Waals surface area (Å²) in [5.74, 6) is -0.768. The molecule has 0 aliphatic heterocycles. The molecular weight excluding hydrogens is 336 g/mol. The Kier molecular flexibility index (Phi) is 4.57. The third-order valence-corrected chi connectivity index (χ3v) is 5.34. The average Bonchev–Trinajstić information content (AvgIpc) is 2.60. The van der Waals surface area contributed by atoms with Crippen LogP contribution in [0, 0.1) is 6.92 Å². The molecule has 0 radical (unpaired) electrons. The lowest BCUT2D eigenvalue weighted by Crippen LogP contribution is -2.38. The lowest BCUT2D eigenvalue weighted by Gasteiger charge is -2.14. The van der Waals surface area contributed by atoms with Gasteiger partial charge in [-0.1, -0.05) is 54.1 Å². The van der Waals surface area contributed by atoms with Crippen LogP contribution in [0.25, 0.3) is 10.8 Å². The number of aryl methyl sites for hydroxylation is 1. The van der Waals surface area contributed by atoms with Crippen molar-refractivity contribution in [1.82, 2.24) is 4.72 Å². The van der Waals surface area contributed by atoms with E-state index in [1.807, 2.05) is 42.0 Å². The number of hydrogen-bond acceptors (Lipinski definition) is 4. The van der Waals surface area contributed by atoms with E-state index in [2.05, 4.69) is 0 Å². The van der Waals surface area contributed by atoms with Gasteiger partial charge in [0.05, 0.1) is 4.90 Å². The Bertz CT molecular complexity index is 1030. The molecule has 128 valence electrons. The number of hydrogen-bond donors (Lipinski definition) is 2. The summed E-state index contributed by atoms with van der Waals surface area (Å²) >= 11 is 0. The van der Waals surface area contributed by atoms with Crippen LogP contribution in [0.15, 0.2) is 71.6 Å². The minimum atomic E-state index is -3.95. The summed E-state index contributed by atoms with van der Waals surface area (Å²) in [6.07, 6.45) is 0. The molecule has 0 saturated heterocycles. The topological polar surface area (TPSA) is 89.3 Å². The summed E-state index contributed by atoms with van der Waals surface area (Å²) in [7, 11) is -3.95. The molecule has 0 heterocycles. The number of fused-ring (bicyclic) bond motifs is 1. The smallest absolute Gasteiger partial charge is 0.264 e. The number of nitrogens with one attached hydrogen (secondary N) is 1. The van der Waals surface area contributed by atoms with Crippen LogP contribution in [0.5, 0.6) is 0 Å². The van der Waals surface area contributed by atoms with Gasteiger partial charge >= 0.3 is 0 Å². The van der Waals surface area contributed by atoms with Gasteiger partial charge in [0, 0.05) is 0 Å². The molecule has 0 bridgehead atoms. The SMILES string of the molecule is Cc1ccc(S(=O)(=O)NC(=O)C(N)c2ccc3ccccc3c2)cc1. The molecule has 0 aliphatic rings. The molecule has 0 aliphatic carbocycles. The predicted octanol–water partition coefficient (Wildman–Crippen LogP) is 2.65. The normalized spacial score (nSPS) is 12.7. The molecular formula is C19H18N2O3S. The van der Waals surface area contributed by atoms with E-state index in [-0.39, 0.29) is 4.90 Å². The highest BCUT2D eigenvalue weighted by Gasteiger charge is 2.23. The maximum Gasteiger partial charge on any atom is 0.264 e. The molecule has 3 aromatic carbocycles. The van der Waals surface area contributed by atoms with E-state index in [4.69, 9.17) is 5.73 Å². The first-order valence-electron chi connectivity index (χ1n) is 7.74. The fourth-order valence-corrected chi connectivity index (χ4v) is 3.53. The van der Waals surface area contributed by atoms with E-state index in [0.717, 1.165) is 16.3 Å². The van der Waals surface area contributed by atoms with Crippen LogP contribution in [0.3, 0.4) is 0 Å². The zero-order valence-electron chi connectivity index (χ0n) is 13.6. The molecule has 3 aromatic rings. The quantitative estimate of drug-likeness (QED) is 0.754. The van der Waals surface area contributed by atoms with E-state index < -0.39 is 22.0 Å². The van der Waals surface area contributed by atoms with Crippen LogP contribution in [0.4, 0.5) is 0 Å². The number of rotatable bonds is 4. The third-order valence-electron chi connectivity index (χ3n) is 3.98. The van der Waals surface area contributed by atoms with Crippen molar-refractivity contribution in [2.45, 2.75) is 17.9 Å². The highest BCUT2D eigenvalue weighted by atomic mass is 32.2. The van der Waals surface area contributed by atoms with Crippen LogP contribution in [0.1, 0.15) is 17.2 Å². The van der Waals surface area contributed by atoms with Crippen LogP contribution >= 0.6 is 0 Å². The van der Waals surface area contributed by atoms with Crippen LogP contribution in [0.2, 0.25) is 0 Å². The number of benzene rings is 3. The maximum absolute atomic E-state index is 12.3.